The number of hydrogen-bond donors (Lipinski definition) is 1. The van der Waals surface area contributed by atoms with Crippen molar-refractivity contribution in [3.05, 3.63) is 51.3 Å². The Labute approximate surface area is 176 Å². The van der Waals surface area contributed by atoms with Gasteiger partial charge < -0.3 is 10.1 Å². The number of thiophene rings is 1. The van der Waals surface area contributed by atoms with Gasteiger partial charge in [-0.1, -0.05) is 26.0 Å². The van der Waals surface area contributed by atoms with Crippen LogP contribution in [0.5, 0.6) is 0 Å². The third-order valence-corrected chi connectivity index (χ3v) is 5.44. The molecule has 0 fully saturated rings. The number of halogens is 1. The maximum Gasteiger partial charge on any atom is 0.359 e. The van der Waals surface area contributed by atoms with E-state index in [-0.39, 0.29) is 23.6 Å². The molecule has 2 heterocycles. The molecule has 0 saturated heterocycles. The van der Waals surface area contributed by atoms with Crippen LogP contribution in [-0.4, -0.2) is 34.1 Å². The molecule has 0 atom stereocenters. The fraction of sp³-hybridized carbons (Fsp3) is 0.300. The average Bonchev–Trinajstić information content (AvgIpc) is 3.12. The summed E-state index contributed by atoms with van der Waals surface area (Å²) in [6, 6.07) is 7.36. The largest absolute Gasteiger partial charge is 0.461 e. The molecule has 1 N–H and O–H groups in total. The molecule has 0 unspecified atom stereocenters. The second kappa shape index (κ2) is 8.75. The number of nitrogens with zero attached hydrogens (tertiary/aromatic N) is 2. The highest BCUT2D eigenvalue weighted by Crippen LogP contribution is 2.30. The first-order chi connectivity index (χ1) is 13.9. The number of carbonyl (C=O) groups excluding carboxylic acids is 2. The number of aromatic nitrogens is 2. The minimum absolute atomic E-state index is 0.0111. The van der Waals surface area contributed by atoms with Gasteiger partial charge in [0.15, 0.2) is 5.69 Å². The first-order valence-electron chi connectivity index (χ1n) is 9.05. The molecule has 0 aliphatic rings. The maximum atomic E-state index is 13.2. The highest BCUT2D eigenvalue weighted by Gasteiger charge is 2.23. The van der Waals surface area contributed by atoms with Crippen LogP contribution in [0.3, 0.4) is 0 Å². The molecule has 0 saturated carbocycles. The lowest BCUT2D eigenvalue weighted by Crippen LogP contribution is -2.25. The van der Waals surface area contributed by atoms with Crippen molar-refractivity contribution in [3.63, 3.8) is 0 Å². The molecule has 1 aromatic carbocycles. The van der Waals surface area contributed by atoms with Gasteiger partial charge in [-0.2, -0.15) is 9.78 Å². The summed E-state index contributed by atoms with van der Waals surface area (Å²) in [7, 11) is 0. The minimum Gasteiger partial charge on any atom is -0.461 e. The number of rotatable bonds is 6. The third-order valence-electron chi connectivity index (χ3n) is 4.30. The molecule has 29 heavy (non-hydrogen) atoms. The summed E-state index contributed by atoms with van der Waals surface area (Å²) >= 11 is 6.70. The Kier molecular flexibility index (Phi) is 6.34. The fourth-order valence-corrected chi connectivity index (χ4v) is 3.85. The molecule has 0 aliphatic carbocycles. The van der Waals surface area contributed by atoms with Gasteiger partial charge in [-0.05, 0) is 30.5 Å². The number of nitrogens with one attached hydrogen (secondary N) is 1. The summed E-state index contributed by atoms with van der Waals surface area (Å²) in [5, 5.41) is 9.33. The van der Waals surface area contributed by atoms with Crippen LogP contribution >= 0.6 is 22.9 Å². The van der Waals surface area contributed by atoms with Gasteiger partial charge in [0.05, 0.1) is 17.7 Å². The standard InChI is InChI=1S/C20H20ClN3O4S/c1-4-28-20(27)17-14-10-29-18(22-15(25)9-21)16(14)19(26)24(23-17)13-7-5-12(6-8-13)11(2)3/h5-8,10-11H,4,9H2,1-3H3,(H,22,25). The Bertz CT molecular complexity index is 1120. The monoisotopic (exact) mass is 433 g/mol. The molecule has 1 amide bonds. The van der Waals surface area contributed by atoms with Crippen LogP contribution in [0.15, 0.2) is 34.4 Å². The summed E-state index contributed by atoms with van der Waals surface area (Å²) in [5.74, 6) is -1.00. The van der Waals surface area contributed by atoms with Crippen molar-refractivity contribution in [2.24, 2.45) is 0 Å². The van der Waals surface area contributed by atoms with Gasteiger partial charge in [0.1, 0.15) is 10.9 Å². The fourth-order valence-electron chi connectivity index (χ4n) is 2.83. The van der Waals surface area contributed by atoms with Crippen LogP contribution in [0.1, 0.15) is 42.7 Å². The lowest BCUT2D eigenvalue weighted by atomic mass is 10.0. The van der Waals surface area contributed by atoms with E-state index in [4.69, 9.17) is 16.3 Å². The molecule has 0 spiro atoms. The third kappa shape index (κ3) is 4.18. The van der Waals surface area contributed by atoms with Gasteiger partial charge in [0.2, 0.25) is 5.91 Å². The van der Waals surface area contributed by atoms with Gasteiger partial charge in [0.25, 0.3) is 5.56 Å². The van der Waals surface area contributed by atoms with Gasteiger partial charge in [-0.15, -0.1) is 22.9 Å². The zero-order valence-corrected chi connectivity index (χ0v) is 17.8. The number of anilines is 1. The van der Waals surface area contributed by atoms with Crippen LogP contribution in [0, 0.1) is 0 Å². The number of amides is 1. The van der Waals surface area contributed by atoms with E-state index in [2.05, 4.69) is 24.3 Å². The van der Waals surface area contributed by atoms with E-state index in [1.54, 1.807) is 24.4 Å². The van der Waals surface area contributed by atoms with E-state index in [1.807, 2.05) is 12.1 Å². The zero-order chi connectivity index (χ0) is 21.1. The summed E-state index contributed by atoms with van der Waals surface area (Å²) in [5.41, 5.74) is 1.18. The van der Waals surface area contributed by atoms with E-state index in [1.165, 1.54) is 0 Å². The Balaban J connectivity index is 2.25. The summed E-state index contributed by atoms with van der Waals surface area (Å²) in [6.07, 6.45) is 0. The number of hydrogen-bond acceptors (Lipinski definition) is 6. The molecule has 0 bridgehead atoms. The van der Waals surface area contributed by atoms with Gasteiger partial charge in [-0.3, -0.25) is 9.59 Å². The van der Waals surface area contributed by atoms with Crippen molar-refractivity contribution >= 4 is 50.6 Å². The van der Waals surface area contributed by atoms with Crippen molar-refractivity contribution in [2.45, 2.75) is 26.7 Å². The second-order valence-corrected chi connectivity index (χ2v) is 7.71. The predicted molar refractivity (Wildman–Crippen MR) is 115 cm³/mol. The number of fused-ring (bicyclic) bond motifs is 1. The molecule has 3 aromatic rings. The first kappa shape index (κ1) is 21.0. The molecule has 0 radical (unpaired) electrons. The Hall–Kier alpha value is -2.71. The second-order valence-electron chi connectivity index (χ2n) is 6.57. The minimum atomic E-state index is -0.641. The van der Waals surface area contributed by atoms with Crippen LogP contribution in [0.25, 0.3) is 16.5 Å². The quantitative estimate of drug-likeness (QED) is 0.470. The molecular formula is C20H20ClN3O4S. The van der Waals surface area contributed by atoms with Crippen LogP contribution in [0.4, 0.5) is 5.00 Å². The topological polar surface area (TPSA) is 90.3 Å². The predicted octanol–water partition coefficient (Wildman–Crippen LogP) is 3.92. The smallest absolute Gasteiger partial charge is 0.359 e. The first-order valence-corrected chi connectivity index (χ1v) is 10.5. The Morgan fingerprint density at radius 2 is 1.97 bits per heavy atom. The lowest BCUT2D eigenvalue weighted by Gasteiger charge is -2.11. The molecule has 9 heteroatoms. The van der Waals surface area contributed by atoms with E-state index < -0.39 is 17.4 Å². The van der Waals surface area contributed by atoms with E-state index in [9.17, 15) is 14.4 Å². The highest BCUT2D eigenvalue weighted by molar-refractivity contribution is 7.16. The molecule has 3 rings (SSSR count). The molecule has 2 aromatic heterocycles. The summed E-state index contributed by atoms with van der Waals surface area (Å²) < 4.78 is 6.26. The summed E-state index contributed by atoms with van der Waals surface area (Å²) in [4.78, 5) is 37.4. The highest BCUT2D eigenvalue weighted by atomic mass is 35.5. The Morgan fingerprint density at radius 3 is 2.55 bits per heavy atom. The molecule has 7 nitrogen and oxygen atoms in total. The van der Waals surface area contributed by atoms with Crippen molar-refractivity contribution in [1.82, 2.24) is 9.78 Å². The van der Waals surface area contributed by atoms with E-state index in [0.29, 0.717) is 22.0 Å². The number of carbonyl (C=O) groups is 2. The van der Waals surface area contributed by atoms with Crippen molar-refractivity contribution in [3.8, 4) is 5.69 Å². The summed E-state index contributed by atoms with van der Waals surface area (Å²) in [6.45, 7) is 6.00. The van der Waals surface area contributed by atoms with Crippen molar-refractivity contribution < 1.29 is 14.3 Å². The number of benzene rings is 1. The number of alkyl halides is 1. The van der Waals surface area contributed by atoms with E-state index >= 15 is 0 Å². The van der Waals surface area contributed by atoms with Crippen molar-refractivity contribution in [2.75, 3.05) is 17.8 Å². The normalized spacial score (nSPS) is 11.1. The van der Waals surface area contributed by atoms with Crippen molar-refractivity contribution in [1.29, 1.82) is 0 Å². The van der Waals surface area contributed by atoms with Gasteiger partial charge in [-0.25, -0.2) is 4.79 Å². The van der Waals surface area contributed by atoms with Gasteiger partial charge in [0, 0.05) is 10.8 Å². The van der Waals surface area contributed by atoms with E-state index in [0.717, 1.165) is 21.6 Å². The van der Waals surface area contributed by atoms with Gasteiger partial charge >= 0.3 is 5.97 Å². The zero-order valence-electron chi connectivity index (χ0n) is 16.2. The molecule has 0 aliphatic heterocycles. The average molecular weight is 434 g/mol. The SMILES string of the molecule is CCOC(=O)c1nn(-c2ccc(C(C)C)cc2)c(=O)c2c(NC(=O)CCl)scc12. The number of ether oxygens (including phenoxy) is 1. The molecular weight excluding hydrogens is 414 g/mol. The number of esters is 1. The van der Waals surface area contributed by atoms with Crippen LogP contribution < -0.4 is 10.9 Å². The maximum absolute atomic E-state index is 13.2. The Morgan fingerprint density at radius 1 is 1.28 bits per heavy atom. The van der Waals surface area contributed by atoms with Crippen LogP contribution in [-0.2, 0) is 9.53 Å². The molecule has 152 valence electrons. The van der Waals surface area contributed by atoms with Crippen LogP contribution in [0.2, 0.25) is 0 Å². The lowest BCUT2D eigenvalue weighted by molar-refractivity contribution is -0.113.